The minimum atomic E-state index is -0.164. The molecule has 116 valence electrons. The van der Waals surface area contributed by atoms with Crippen molar-refractivity contribution in [1.82, 2.24) is 5.32 Å². The fourth-order valence-corrected chi connectivity index (χ4v) is 3.19. The Kier molecular flexibility index (Phi) is 5.40. The second-order valence-corrected chi connectivity index (χ2v) is 6.62. The number of amides is 1. The van der Waals surface area contributed by atoms with Crippen LogP contribution in [0.25, 0.3) is 0 Å². The maximum Gasteiger partial charge on any atom is 0.241 e. The highest BCUT2D eigenvalue weighted by molar-refractivity contribution is 5.94. The first-order valence-corrected chi connectivity index (χ1v) is 8.11. The van der Waals surface area contributed by atoms with Crippen molar-refractivity contribution in [3.05, 3.63) is 29.8 Å². The molecule has 1 fully saturated rings. The SMILES string of the molecule is Cc1cccc(NC(=O)C(C)NC2CCCC(C)C2C)c1. The molecule has 4 unspecified atom stereocenters. The summed E-state index contributed by atoms with van der Waals surface area (Å²) in [5.74, 6) is 1.42. The van der Waals surface area contributed by atoms with E-state index in [1.807, 2.05) is 38.1 Å². The molecule has 1 aromatic rings. The third kappa shape index (κ3) is 4.31. The summed E-state index contributed by atoms with van der Waals surface area (Å²) in [5, 5.41) is 6.52. The second-order valence-electron chi connectivity index (χ2n) is 6.62. The molecule has 0 radical (unpaired) electrons. The molecule has 3 nitrogen and oxygen atoms in total. The lowest BCUT2D eigenvalue weighted by Crippen LogP contribution is -2.49. The van der Waals surface area contributed by atoms with Gasteiger partial charge in [0.05, 0.1) is 6.04 Å². The summed E-state index contributed by atoms with van der Waals surface area (Å²) in [4.78, 5) is 12.3. The molecule has 2 N–H and O–H groups in total. The van der Waals surface area contributed by atoms with Crippen LogP contribution in [0.1, 0.15) is 45.6 Å². The zero-order chi connectivity index (χ0) is 15.4. The van der Waals surface area contributed by atoms with Crippen molar-refractivity contribution < 1.29 is 4.79 Å². The quantitative estimate of drug-likeness (QED) is 0.886. The van der Waals surface area contributed by atoms with Crippen LogP contribution in [0, 0.1) is 18.8 Å². The van der Waals surface area contributed by atoms with E-state index < -0.39 is 0 Å². The van der Waals surface area contributed by atoms with Gasteiger partial charge in [0.2, 0.25) is 5.91 Å². The van der Waals surface area contributed by atoms with Gasteiger partial charge in [-0.05, 0) is 49.8 Å². The summed E-state index contributed by atoms with van der Waals surface area (Å²) in [6.45, 7) is 8.60. The third-order valence-electron chi connectivity index (χ3n) is 4.85. The summed E-state index contributed by atoms with van der Waals surface area (Å²) >= 11 is 0. The zero-order valence-corrected chi connectivity index (χ0v) is 13.6. The van der Waals surface area contributed by atoms with Crippen molar-refractivity contribution in [2.75, 3.05) is 5.32 Å². The highest BCUT2D eigenvalue weighted by Crippen LogP contribution is 2.29. The summed E-state index contributed by atoms with van der Waals surface area (Å²) in [7, 11) is 0. The van der Waals surface area contributed by atoms with Gasteiger partial charge in [0.15, 0.2) is 0 Å². The number of nitrogens with one attached hydrogen (secondary N) is 2. The van der Waals surface area contributed by atoms with Crippen LogP contribution in [-0.2, 0) is 4.79 Å². The van der Waals surface area contributed by atoms with E-state index >= 15 is 0 Å². The maximum atomic E-state index is 12.3. The van der Waals surface area contributed by atoms with Gasteiger partial charge in [-0.15, -0.1) is 0 Å². The molecule has 2 rings (SSSR count). The Bertz CT molecular complexity index is 486. The van der Waals surface area contributed by atoms with Crippen LogP contribution in [0.4, 0.5) is 5.69 Å². The summed E-state index contributed by atoms with van der Waals surface area (Å²) in [6.07, 6.45) is 3.74. The normalized spacial score (nSPS) is 27.1. The molecule has 1 aromatic carbocycles. The number of hydrogen-bond donors (Lipinski definition) is 2. The lowest BCUT2D eigenvalue weighted by atomic mass is 9.78. The Morgan fingerprint density at radius 2 is 2.05 bits per heavy atom. The monoisotopic (exact) mass is 288 g/mol. The first-order valence-electron chi connectivity index (χ1n) is 8.11. The Morgan fingerprint density at radius 3 is 2.76 bits per heavy atom. The second kappa shape index (κ2) is 7.08. The van der Waals surface area contributed by atoms with Gasteiger partial charge in [0, 0.05) is 11.7 Å². The van der Waals surface area contributed by atoms with E-state index in [-0.39, 0.29) is 11.9 Å². The van der Waals surface area contributed by atoms with Crippen LogP contribution in [0.5, 0.6) is 0 Å². The molecule has 3 heteroatoms. The zero-order valence-electron chi connectivity index (χ0n) is 13.6. The fourth-order valence-electron chi connectivity index (χ4n) is 3.19. The molecule has 1 aliphatic carbocycles. The van der Waals surface area contributed by atoms with Crippen molar-refractivity contribution in [2.45, 2.75) is 59.0 Å². The smallest absolute Gasteiger partial charge is 0.241 e. The van der Waals surface area contributed by atoms with Crippen LogP contribution in [0.3, 0.4) is 0 Å². The molecule has 0 bridgehead atoms. The first kappa shape index (κ1) is 16.0. The van der Waals surface area contributed by atoms with E-state index in [0.29, 0.717) is 12.0 Å². The fraction of sp³-hybridized carbons (Fsp3) is 0.611. The first-order chi connectivity index (χ1) is 9.97. The number of rotatable bonds is 4. The molecule has 4 atom stereocenters. The van der Waals surface area contributed by atoms with E-state index in [4.69, 9.17) is 0 Å². The lowest BCUT2D eigenvalue weighted by Gasteiger charge is -2.36. The molecule has 0 saturated heterocycles. The van der Waals surface area contributed by atoms with E-state index in [1.165, 1.54) is 19.3 Å². The molecule has 1 saturated carbocycles. The Balaban J connectivity index is 1.90. The Morgan fingerprint density at radius 1 is 1.29 bits per heavy atom. The van der Waals surface area contributed by atoms with Gasteiger partial charge in [-0.2, -0.15) is 0 Å². The third-order valence-corrected chi connectivity index (χ3v) is 4.85. The van der Waals surface area contributed by atoms with Gasteiger partial charge in [0.1, 0.15) is 0 Å². The van der Waals surface area contributed by atoms with Gasteiger partial charge < -0.3 is 10.6 Å². The maximum absolute atomic E-state index is 12.3. The average molecular weight is 288 g/mol. The van der Waals surface area contributed by atoms with Crippen LogP contribution < -0.4 is 10.6 Å². The summed E-state index contributed by atoms with van der Waals surface area (Å²) in [6, 6.07) is 8.21. The van der Waals surface area contributed by atoms with Crippen LogP contribution in [-0.4, -0.2) is 18.0 Å². The van der Waals surface area contributed by atoms with Gasteiger partial charge in [-0.25, -0.2) is 0 Å². The van der Waals surface area contributed by atoms with E-state index in [0.717, 1.165) is 17.2 Å². The summed E-state index contributed by atoms with van der Waals surface area (Å²) in [5.41, 5.74) is 2.03. The van der Waals surface area contributed by atoms with Crippen molar-refractivity contribution in [1.29, 1.82) is 0 Å². The van der Waals surface area contributed by atoms with Crippen molar-refractivity contribution in [3.8, 4) is 0 Å². The molecular weight excluding hydrogens is 260 g/mol. The molecule has 0 spiro atoms. The Hall–Kier alpha value is -1.35. The summed E-state index contributed by atoms with van der Waals surface area (Å²) < 4.78 is 0. The topological polar surface area (TPSA) is 41.1 Å². The van der Waals surface area contributed by atoms with Crippen LogP contribution in [0.2, 0.25) is 0 Å². The molecule has 1 aliphatic rings. The number of hydrogen-bond acceptors (Lipinski definition) is 2. The molecule has 1 amide bonds. The number of benzene rings is 1. The van der Waals surface area contributed by atoms with Crippen LogP contribution in [0.15, 0.2) is 24.3 Å². The van der Waals surface area contributed by atoms with Crippen molar-refractivity contribution >= 4 is 11.6 Å². The van der Waals surface area contributed by atoms with Crippen molar-refractivity contribution in [2.24, 2.45) is 11.8 Å². The predicted octanol–water partition coefficient (Wildman–Crippen LogP) is 3.74. The molecule has 0 aliphatic heterocycles. The largest absolute Gasteiger partial charge is 0.325 e. The predicted molar refractivity (Wildman–Crippen MR) is 88.4 cm³/mol. The van der Waals surface area contributed by atoms with E-state index in [9.17, 15) is 4.79 Å². The average Bonchev–Trinajstić information content (AvgIpc) is 2.44. The minimum Gasteiger partial charge on any atom is -0.325 e. The van der Waals surface area contributed by atoms with Crippen molar-refractivity contribution in [3.63, 3.8) is 0 Å². The Labute approximate surface area is 128 Å². The standard InChI is InChI=1S/C18H28N2O/c1-12-7-5-9-16(11-12)20-18(21)15(4)19-17-10-6-8-13(2)14(17)3/h5,7,9,11,13-15,17,19H,6,8,10H2,1-4H3,(H,20,21). The number of carbonyl (C=O) groups is 1. The molecular formula is C18H28N2O. The van der Waals surface area contributed by atoms with Gasteiger partial charge in [0.25, 0.3) is 0 Å². The van der Waals surface area contributed by atoms with E-state index in [1.54, 1.807) is 0 Å². The van der Waals surface area contributed by atoms with Gasteiger partial charge >= 0.3 is 0 Å². The lowest BCUT2D eigenvalue weighted by molar-refractivity contribution is -0.118. The molecule has 0 aromatic heterocycles. The minimum absolute atomic E-state index is 0.0472. The molecule has 21 heavy (non-hydrogen) atoms. The number of carbonyl (C=O) groups excluding carboxylic acids is 1. The highest BCUT2D eigenvalue weighted by atomic mass is 16.2. The van der Waals surface area contributed by atoms with Crippen LogP contribution >= 0.6 is 0 Å². The number of anilines is 1. The number of aryl methyl sites for hydroxylation is 1. The van der Waals surface area contributed by atoms with Gasteiger partial charge in [-0.1, -0.05) is 38.8 Å². The van der Waals surface area contributed by atoms with E-state index in [2.05, 4.69) is 24.5 Å². The van der Waals surface area contributed by atoms with Gasteiger partial charge in [-0.3, -0.25) is 4.79 Å². The highest BCUT2D eigenvalue weighted by Gasteiger charge is 2.29. The molecule has 0 heterocycles.